The number of anilines is 1. The molecule has 3 rings (SSSR count). The smallest absolute Gasteiger partial charge is 0.278 e. The molecule has 0 aliphatic rings. The average molecular weight is 414 g/mol. The molecule has 0 aliphatic carbocycles. The average Bonchev–Trinajstić information content (AvgIpc) is 3.32. The number of carbonyl (C=O) groups excluding carboxylic acids is 1. The fourth-order valence-electron chi connectivity index (χ4n) is 3.57. The van der Waals surface area contributed by atoms with Crippen LogP contribution in [0.5, 0.6) is 0 Å². The molecule has 3 aromatic rings. The summed E-state index contributed by atoms with van der Waals surface area (Å²) < 4.78 is 2.91. The van der Waals surface area contributed by atoms with E-state index in [-0.39, 0.29) is 11.9 Å². The fourth-order valence-corrected chi connectivity index (χ4v) is 4.74. The van der Waals surface area contributed by atoms with E-state index < -0.39 is 0 Å². The van der Waals surface area contributed by atoms with Crippen molar-refractivity contribution in [3.05, 3.63) is 41.2 Å². The molecule has 2 heterocycles. The zero-order valence-corrected chi connectivity index (χ0v) is 19.1. The molecule has 0 atom stereocenters. The maximum atomic E-state index is 13.6. The van der Waals surface area contributed by atoms with E-state index in [0.717, 1.165) is 40.5 Å². The molecule has 1 aromatic carbocycles. The fraction of sp³-hybridized carbons (Fsp3) is 0.500. The van der Waals surface area contributed by atoms with Crippen molar-refractivity contribution >= 4 is 32.6 Å². The van der Waals surface area contributed by atoms with Gasteiger partial charge < -0.3 is 4.90 Å². The molecule has 156 valence electrons. The van der Waals surface area contributed by atoms with Crippen LogP contribution < -0.4 is 4.90 Å². The van der Waals surface area contributed by atoms with Crippen molar-refractivity contribution in [2.75, 3.05) is 31.1 Å². The molecule has 0 unspecified atom stereocenters. The summed E-state index contributed by atoms with van der Waals surface area (Å²) in [5.41, 5.74) is 3.94. The highest BCUT2D eigenvalue weighted by Crippen LogP contribution is 2.32. The summed E-state index contributed by atoms with van der Waals surface area (Å²) in [5.74, 6) is -0.0446. The summed E-state index contributed by atoms with van der Waals surface area (Å²) in [4.78, 5) is 22.6. The van der Waals surface area contributed by atoms with Crippen LogP contribution in [0.4, 0.5) is 5.13 Å². The van der Waals surface area contributed by atoms with Crippen LogP contribution >= 0.6 is 11.3 Å². The van der Waals surface area contributed by atoms with Gasteiger partial charge in [0.2, 0.25) is 0 Å². The van der Waals surface area contributed by atoms with E-state index in [2.05, 4.69) is 49.8 Å². The summed E-state index contributed by atoms with van der Waals surface area (Å²) in [6.45, 7) is 15.9. The van der Waals surface area contributed by atoms with Crippen LogP contribution in [0, 0.1) is 13.8 Å². The second-order valence-electron chi connectivity index (χ2n) is 7.66. The van der Waals surface area contributed by atoms with Crippen LogP contribution in [-0.4, -0.2) is 51.8 Å². The number of carbonyl (C=O) groups is 1. The third-order valence-electron chi connectivity index (χ3n) is 5.21. The minimum absolute atomic E-state index is 0.0446. The molecule has 7 heteroatoms. The molecular formula is C22H31N5OS. The zero-order valence-electron chi connectivity index (χ0n) is 18.3. The molecule has 0 spiro atoms. The van der Waals surface area contributed by atoms with Crippen molar-refractivity contribution in [1.29, 1.82) is 0 Å². The Morgan fingerprint density at radius 1 is 1.17 bits per heavy atom. The van der Waals surface area contributed by atoms with Crippen LogP contribution in [0.15, 0.2) is 24.4 Å². The Labute approximate surface area is 177 Å². The Morgan fingerprint density at radius 3 is 2.55 bits per heavy atom. The summed E-state index contributed by atoms with van der Waals surface area (Å²) >= 11 is 1.59. The van der Waals surface area contributed by atoms with Gasteiger partial charge in [-0.15, -0.1) is 0 Å². The minimum Gasteiger partial charge on any atom is -0.302 e. The summed E-state index contributed by atoms with van der Waals surface area (Å²) in [6, 6.07) is 6.21. The second-order valence-corrected chi connectivity index (χ2v) is 8.67. The van der Waals surface area contributed by atoms with E-state index in [1.165, 1.54) is 5.56 Å². The predicted octanol–water partition coefficient (Wildman–Crippen LogP) is 4.68. The highest BCUT2D eigenvalue weighted by atomic mass is 32.1. The molecule has 0 N–H and O–H groups in total. The molecule has 0 fully saturated rings. The number of fused-ring (bicyclic) bond motifs is 1. The molecule has 0 saturated heterocycles. The zero-order chi connectivity index (χ0) is 21.1. The molecule has 0 saturated carbocycles. The van der Waals surface area contributed by atoms with Crippen LogP contribution in [0.1, 0.15) is 55.4 Å². The Morgan fingerprint density at radius 2 is 1.90 bits per heavy atom. The number of benzene rings is 1. The highest BCUT2D eigenvalue weighted by Gasteiger charge is 2.25. The SMILES string of the molecule is CCN(CC)CCN(C(=O)c1ccnn1C(C)C)c1nc2c(C)cc(C)cc2s1. The second kappa shape index (κ2) is 9.05. The third-order valence-corrected chi connectivity index (χ3v) is 6.23. The van der Waals surface area contributed by atoms with Crippen molar-refractivity contribution in [2.45, 2.75) is 47.6 Å². The number of aryl methyl sites for hydroxylation is 2. The number of hydrogen-bond acceptors (Lipinski definition) is 5. The van der Waals surface area contributed by atoms with E-state index in [4.69, 9.17) is 4.98 Å². The Kier molecular flexibility index (Phi) is 6.70. The normalized spacial score (nSPS) is 11.7. The van der Waals surface area contributed by atoms with Gasteiger partial charge in [-0.1, -0.05) is 31.3 Å². The first-order chi connectivity index (χ1) is 13.8. The molecule has 6 nitrogen and oxygen atoms in total. The summed E-state index contributed by atoms with van der Waals surface area (Å²) in [5, 5.41) is 5.10. The van der Waals surface area contributed by atoms with Crippen molar-refractivity contribution in [3.8, 4) is 0 Å². The van der Waals surface area contributed by atoms with Gasteiger partial charge >= 0.3 is 0 Å². The molecular weight excluding hydrogens is 382 g/mol. The molecule has 0 bridgehead atoms. The van der Waals surface area contributed by atoms with E-state index in [0.29, 0.717) is 12.2 Å². The van der Waals surface area contributed by atoms with E-state index in [1.54, 1.807) is 28.3 Å². The lowest BCUT2D eigenvalue weighted by Crippen LogP contribution is -2.39. The molecule has 0 aliphatic heterocycles. The Bertz CT molecular complexity index is 986. The van der Waals surface area contributed by atoms with Gasteiger partial charge in [0.05, 0.1) is 10.2 Å². The van der Waals surface area contributed by atoms with Gasteiger partial charge in [-0.2, -0.15) is 5.10 Å². The first kappa shape index (κ1) is 21.5. The van der Waals surface area contributed by atoms with Crippen LogP contribution in [0.25, 0.3) is 10.2 Å². The lowest BCUT2D eigenvalue weighted by Gasteiger charge is -2.25. The van der Waals surface area contributed by atoms with Gasteiger partial charge in [0.15, 0.2) is 5.13 Å². The Hall–Kier alpha value is -2.25. The van der Waals surface area contributed by atoms with Crippen molar-refractivity contribution in [2.24, 2.45) is 0 Å². The number of nitrogens with zero attached hydrogens (tertiary/aromatic N) is 5. The molecule has 29 heavy (non-hydrogen) atoms. The number of rotatable bonds is 8. The first-order valence-electron chi connectivity index (χ1n) is 10.3. The number of hydrogen-bond donors (Lipinski definition) is 0. The van der Waals surface area contributed by atoms with Crippen molar-refractivity contribution in [3.63, 3.8) is 0 Å². The summed E-state index contributed by atoms with van der Waals surface area (Å²) in [7, 11) is 0. The Balaban J connectivity index is 2.02. The first-order valence-corrected chi connectivity index (χ1v) is 11.1. The standard InChI is InChI=1S/C22H31N5OS/c1-7-25(8-2)11-12-26(21(28)18-9-10-23-27(18)15(3)4)22-24-20-17(6)13-16(5)14-19(20)29-22/h9-10,13-15H,7-8,11-12H2,1-6H3. The van der Waals surface area contributed by atoms with Gasteiger partial charge in [-0.25, -0.2) is 4.98 Å². The lowest BCUT2D eigenvalue weighted by atomic mass is 10.1. The van der Waals surface area contributed by atoms with Gasteiger partial charge in [-0.3, -0.25) is 14.4 Å². The molecule has 0 radical (unpaired) electrons. The summed E-state index contributed by atoms with van der Waals surface area (Å²) in [6.07, 6.45) is 1.70. The van der Waals surface area contributed by atoms with E-state index >= 15 is 0 Å². The van der Waals surface area contributed by atoms with E-state index in [9.17, 15) is 4.79 Å². The predicted molar refractivity (Wildman–Crippen MR) is 121 cm³/mol. The van der Waals surface area contributed by atoms with Gasteiger partial charge in [0, 0.05) is 25.3 Å². The van der Waals surface area contributed by atoms with Gasteiger partial charge in [0.1, 0.15) is 5.69 Å². The van der Waals surface area contributed by atoms with E-state index in [1.807, 2.05) is 18.7 Å². The van der Waals surface area contributed by atoms with Crippen LogP contribution in [-0.2, 0) is 0 Å². The molecule has 2 aromatic heterocycles. The molecule has 1 amide bonds. The number of amides is 1. The number of likely N-dealkylation sites (N-methyl/N-ethyl adjacent to an activating group) is 1. The topological polar surface area (TPSA) is 54.3 Å². The number of aromatic nitrogens is 3. The minimum atomic E-state index is -0.0446. The highest BCUT2D eigenvalue weighted by molar-refractivity contribution is 7.22. The maximum absolute atomic E-state index is 13.6. The van der Waals surface area contributed by atoms with Crippen LogP contribution in [0.2, 0.25) is 0 Å². The van der Waals surface area contributed by atoms with Gasteiger partial charge in [0.25, 0.3) is 5.91 Å². The van der Waals surface area contributed by atoms with Gasteiger partial charge in [-0.05, 0) is 64.0 Å². The quantitative estimate of drug-likeness (QED) is 0.538. The number of thiazole rings is 1. The monoisotopic (exact) mass is 413 g/mol. The van der Waals surface area contributed by atoms with Crippen molar-refractivity contribution < 1.29 is 4.79 Å². The maximum Gasteiger partial charge on any atom is 0.278 e. The van der Waals surface area contributed by atoms with Crippen molar-refractivity contribution in [1.82, 2.24) is 19.7 Å². The largest absolute Gasteiger partial charge is 0.302 e. The lowest BCUT2D eigenvalue weighted by molar-refractivity contribution is 0.0971. The third kappa shape index (κ3) is 4.51. The van der Waals surface area contributed by atoms with Crippen LogP contribution in [0.3, 0.4) is 0 Å².